The normalized spacial score (nSPS) is 16.4. The molecule has 0 spiro atoms. The number of nitro groups is 1. The van der Waals surface area contributed by atoms with E-state index in [1.54, 1.807) is 6.92 Å². The zero-order chi connectivity index (χ0) is 18.1. The van der Waals surface area contributed by atoms with Crippen molar-refractivity contribution < 1.29 is 24.7 Å². The summed E-state index contributed by atoms with van der Waals surface area (Å²) in [6, 6.07) is 2.00. The van der Waals surface area contributed by atoms with Crippen LogP contribution in [-0.2, 0) is 18.1 Å². The zero-order valence-electron chi connectivity index (χ0n) is 13.6. The van der Waals surface area contributed by atoms with Gasteiger partial charge in [-0.3, -0.25) is 19.9 Å². The third kappa shape index (κ3) is 2.78. The molecule has 3 rings (SSSR count). The van der Waals surface area contributed by atoms with Crippen LogP contribution in [0.15, 0.2) is 18.3 Å². The monoisotopic (exact) mass is 347 g/mol. The third-order valence-corrected chi connectivity index (χ3v) is 4.23. The molecule has 0 aliphatic carbocycles. The number of nitrogens with one attached hydrogen (secondary N) is 1. The van der Waals surface area contributed by atoms with Gasteiger partial charge in [0.25, 0.3) is 5.69 Å². The van der Waals surface area contributed by atoms with Gasteiger partial charge >= 0.3 is 0 Å². The Kier molecular flexibility index (Phi) is 4.53. The summed E-state index contributed by atoms with van der Waals surface area (Å²) < 4.78 is 5.29. The second kappa shape index (κ2) is 6.63. The number of aliphatic hydroxyl groups is 1. The summed E-state index contributed by atoms with van der Waals surface area (Å²) in [7, 11) is 1.46. The molecule has 0 fully saturated rings. The topological polar surface area (TPSA) is 127 Å². The number of rotatable bonds is 4. The number of nitro benzene ring substituents is 1. The highest BCUT2D eigenvalue weighted by atomic mass is 16.6. The van der Waals surface area contributed by atoms with Crippen molar-refractivity contribution in [3.05, 3.63) is 56.4 Å². The number of benzene rings is 1. The highest BCUT2D eigenvalue weighted by Crippen LogP contribution is 2.43. The molecule has 1 aliphatic heterocycles. The van der Waals surface area contributed by atoms with Crippen LogP contribution in [0.3, 0.4) is 0 Å². The number of hydrogen-bond acceptors (Lipinski definition) is 8. The van der Waals surface area contributed by atoms with E-state index < -0.39 is 11.0 Å². The van der Waals surface area contributed by atoms with Crippen molar-refractivity contribution in [1.29, 1.82) is 0 Å². The molecule has 2 heterocycles. The van der Waals surface area contributed by atoms with E-state index >= 15 is 0 Å². The maximum Gasteiger partial charge on any atom is 0.275 e. The van der Waals surface area contributed by atoms with Crippen LogP contribution < -0.4 is 10.2 Å². The average molecular weight is 347 g/mol. The van der Waals surface area contributed by atoms with E-state index in [4.69, 9.17) is 9.57 Å². The summed E-state index contributed by atoms with van der Waals surface area (Å²) in [5, 5.41) is 31.6. The van der Waals surface area contributed by atoms with Gasteiger partial charge in [-0.15, -0.1) is 0 Å². The smallest absolute Gasteiger partial charge is 0.275 e. The lowest BCUT2D eigenvalue weighted by Gasteiger charge is -2.29. The highest BCUT2D eigenvalue weighted by Gasteiger charge is 2.35. The first-order valence-electron chi connectivity index (χ1n) is 7.49. The molecule has 132 valence electrons. The van der Waals surface area contributed by atoms with Crippen LogP contribution in [-0.4, -0.2) is 27.2 Å². The van der Waals surface area contributed by atoms with Gasteiger partial charge in [-0.05, 0) is 13.0 Å². The van der Waals surface area contributed by atoms with Crippen molar-refractivity contribution in [1.82, 2.24) is 10.5 Å². The molecule has 9 nitrogen and oxygen atoms in total. The SMILES string of the molecule is COc1ccc([N+](=O)[O-])c2c1CON[C@@H]2c1c(CO)cnc(C)c1O. The quantitative estimate of drug-likeness (QED) is 0.562. The average Bonchev–Trinajstić information content (AvgIpc) is 2.62. The molecule has 9 heteroatoms. The Morgan fingerprint density at radius 3 is 2.88 bits per heavy atom. The summed E-state index contributed by atoms with van der Waals surface area (Å²) >= 11 is 0. The van der Waals surface area contributed by atoms with Crippen LogP contribution in [0.4, 0.5) is 5.69 Å². The molecular weight excluding hydrogens is 330 g/mol. The number of pyridine rings is 1. The molecular formula is C16H17N3O6. The second-order valence-corrected chi connectivity index (χ2v) is 5.57. The van der Waals surface area contributed by atoms with Crippen LogP contribution in [0.2, 0.25) is 0 Å². The predicted molar refractivity (Wildman–Crippen MR) is 86.0 cm³/mol. The van der Waals surface area contributed by atoms with Gasteiger partial charge < -0.3 is 14.9 Å². The number of methoxy groups -OCH3 is 1. The summed E-state index contributed by atoms with van der Waals surface area (Å²) in [5.74, 6) is 0.292. The number of aryl methyl sites for hydroxylation is 1. The molecule has 1 aliphatic rings. The van der Waals surface area contributed by atoms with Gasteiger partial charge in [0.05, 0.1) is 42.5 Å². The fourth-order valence-corrected chi connectivity index (χ4v) is 3.01. The van der Waals surface area contributed by atoms with E-state index in [2.05, 4.69) is 10.5 Å². The van der Waals surface area contributed by atoms with Gasteiger partial charge in [0.2, 0.25) is 0 Å². The molecule has 2 aromatic rings. The number of nitrogens with zero attached hydrogens (tertiary/aromatic N) is 2. The summed E-state index contributed by atoms with van der Waals surface area (Å²) in [4.78, 5) is 20.4. The van der Waals surface area contributed by atoms with Gasteiger partial charge in [-0.25, -0.2) is 0 Å². The zero-order valence-corrected chi connectivity index (χ0v) is 13.6. The van der Waals surface area contributed by atoms with Gasteiger partial charge in [-0.1, -0.05) is 0 Å². The van der Waals surface area contributed by atoms with Gasteiger partial charge in [0.15, 0.2) is 0 Å². The van der Waals surface area contributed by atoms with E-state index in [0.717, 1.165) is 0 Å². The van der Waals surface area contributed by atoms with Gasteiger partial charge in [0.1, 0.15) is 11.5 Å². The molecule has 25 heavy (non-hydrogen) atoms. The molecule has 1 aromatic carbocycles. The summed E-state index contributed by atoms with van der Waals surface area (Å²) in [6.07, 6.45) is 1.42. The van der Waals surface area contributed by atoms with Crippen molar-refractivity contribution in [2.45, 2.75) is 26.2 Å². The van der Waals surface area contributed by atoms with Crippen LogP contribution in [0, 0.1) is 17.0 Å². The number of fused-ring (bicyclic) bond motifs is 1. The first-order chi connectivity index (χ1) is 12.0. The van der Waals surface area contributed by atoms with Crippen LogP contribution in [0.5, 0.6) is 11.5 Å². The Labute approximate surface area is 142 Å². The molecule has 0 saturated carbocycles. The lowest BCUT2D eigenvalue weighted by Crippen LogP contribution is -2.31. The van der Waals surface area contributed by atoms with Crippen molar-refractivity contribution in [2.24, 2.45) is 0 Å². The fourth-order valence-electron chi connectivity index (χ4n) is 3.01. The number of aromatic nitrogens is 1. The Hall–Kier alpha value is -2.75. The molecule has 0 bridgehead atoms. The van der Waals surface area contributed by atoms with Crippen molar-refractivity contribution in [3.8, 4) is 11.5 Å². The lowest BCUT2D eigenvalue weighted by atomic mass is 9.89. The lowest BCUT2D eigenvalue weighted by molar-refractivity contribution is -0.386. The van der Waals surface area contributed by atoms with Gasteiger partial charge in [0, 0.05) is 29.0 Å². The minimum absolute atomic E-state index is 0.0654. The van der Waals surface area contributed by atoms with E-state index in [-0.39, 0.29) is 30.2 Å². The minimum atomic E-state index is -0.858. The van der Waals surface area contributed by atoms with Crippen molar-refractivity contribution in [2.75, 3.05) is 7.11 Å². The van der Waals surface area contributed by atoms with E-state index in [9.17, 15) is 20.3 Å². The minimum Gasteiger partial charge on any atom is -0.506 e. The van der Waals surface area contributed by atoms with Crippen molar-refractivity contribution in [3.63, 3.8) is 0 Å². The number of aromatic hydroxyl groups is 1. The maximum absolute atomic E-state index is 11.5. The number of hydroxylamine groups is 1. The molecule has 0 unspecified atom stereocenters. The summed E-state index contributed by atoms with van der Waals surface area (Å²) in [6.45, 7) is 1.28. The molecule has 0 amide bonds. The first-order valence-corrected chi connectivity index (χ1v) is 7.49. The van der Waals surface area contributed by atoms with Crippen molar-refractivity contribution >= 4 is 5.69 Å². The fraction of sp³-hybridized carbons (Fsp3) is 0.312. The standard InChI is InChI=1S/C16H17N3O6/c1-8-16(21)13(9(6-20)5-17-8)15-14-10(7-25-18-15)12(24-2)4-3-11(14)19(22)23/h3-5,15,18,20-21H,6-7H2,1-2H3/t15-/m1/s1. The molecule has 3 N–H and O–H groups in total. The number of hydrogen-bond donors (Lipinski definition) is 3. The van der Waals surface area contributed by atoms with Crippen LogP contribution in [0.25, 0.3) is 0 Å². The largest absolute Gasteiger partial charge is 0.506 e. The van der Waals surface area contributed by atoms with Crippen LogP contribution in [0.1, 0.15) is 34.0 Å². The Morgan fingerprint density at radius 1 is 1.48 bits per heavy atom. The Morgan fingerprint density at radius 2 is 2.24 bits per heavy atom. The predicted octanol–water partition coefficient (Wildman–Crippen LogP) is 1.63. The summed E-state index contributed by atoms with van der Waals surface area (Å²) in [5.41, 5.74) is 4.40. The Balaban J connectivity index is 2.31. The second-order valence-electron chi connectivity index (χ2n) is 5.57. The van der Waals surface area contributed by atoms with Gasteiger partial charge in [-0.2, -0.15) is 5.48 Å². The molecule has 0 saturated heterocycles. The van der Waals surface area contributed by atoms with E-state index in [0.29, 0.717) is 28.1 Å². The Bertz CT molecular complexity index is 839. The highest BCUT2D eigenvalue weighted by molar-refractivity contribution is 5.59. The number of ether oxygens (including phenoxy) is 1. The molecule has 1 aromatic heterocycles. The third-order valence-electron chi connectivity index (χ3n) is 4.23. The maximum atomic E-state index is 11.5. The first kappa shape index (κ1) is 17.1. The van der Waals surface area contributed by atoms with Crippen LogP contribution >= 0.6 is 0 Å². The van der Waals surface area contributed by atoms with E-state index in [1.807, 2.05) is 0 Å². The molecule has 1 atom stereocenters. The molecule has 0 radical (unpaired) electrons. The van der Waals surface area contributed by atoms with E-state index in [1.165, 1.54) is 25.4 Å². The number of aliphatic hydroxyl groups excluding tert-OH is 1.